The molecule has 5 nitrogen and oxygen atoms in total. The van der Waals surface area contributed by atoms with Crippen molar-refractivity contribution in [3.05, 3.63) is 62.9 Å². The molecule has 0 aliphatic heterocycles. The van der Waals surface area contributed by atoms with Crippen molar-refractivity contribution in [2.75, 3.05) is 13.7 Å². The Morgan fingerprint density at radius 2 is 1.81 bits per heavy atom. The highest BCUT2D eigenvalue weighted by molar-refractivity contribution is 7.16. The molecule has 140 valence electrons. The summed E-state index contributed by atoms with van der Waals surface area (Å²) in [5.74, 6) is -0.396. The van der Waals surface area contributed by atoms with E-state index in [1.165, 1.54) is 18.3 Å². The van der Waals surface area contributed by atoms with Crippen LogP contribution in [0.2, 0.25) is 5.02 Å². The van der Waals surface area contributed by atoms with E-state index >= 15 is 0 Å². The summed E-state index contributed by atoms with van der Waals surface area (Å²) in [5, 5.41) is 0.671. The summed E-state index contributed by atoms with van der Waals surface area (Å²) in [6.45, 7) is 4.50. The molecule has 0 saturated heterocycles. The van der Waals surface area contributed by atoms with Gasteiger partial charge in [-0.15, -0.1) is 0 Å². The highest BCUT2D eigenvalue weighted by Gasteiger charge is 2.13. The summed E-state index contributed by atoms with van der Waals surface area (Å²) in [7, 11) is 1.63. The number of methoxy groups -OCH3 is 1. The van der Waals surface area contributed by atoms with Crippen LogP contribution in [-0.4, -0.2) is 30.0 Å². The SMILES string of the molecule is COCCn1c(=NC(=O)c2ccc(C(C)=O)cc2)sc2ccc(Cl)c(C)c21. The van der Waals surface area contributed by atoms with E-state index in [0.717, 1.165) is 15.8 Å². The molecule has 7 heteroatoms. The number of carbonyl (C=O) groups excluding carboxylic acids is 2. The predicted octanol–water partition coefficient (Wildman–Crippen LogP) is 4.25. The Balaban J connectivity index is 2.10. The Morgan fingerprint density at radius 3 is 2.44 bits per heavy atom. The van der Waals surface area contributed by atoms with E-state index in [0.29, 0.717) is 34.1 Å². The van der Waals surface area contributed by atoms with Crippen molar-refractivity contribution >= 4 is 44.8 Å². The molecule has 3 rings (SSSR count). The van der Waals surface area contributed by atoms with Crippen LogP contribution < -0.4 is 4.80 Å². The van der Waals surface area contributed by atoms with Crippen LogP contribution in [0, 0.1) is 6.92 Å². The summed E-state index contributed by atoms with van der Waals surface area (Å²) < 4.78 is 8.18. The third kappa shape index (κ3) is 4.03. The summed E-state index contributed by atoms with van der Waals surface area (Å²) >= 11 is 7.72. The van der Waals surface area contributed by atoms with E-state index in [1.54, 1.807) is 31.4 Å². The average Bonchev–Trinajstić information content (AvgIpc) is 3.00. The van der Waals surface area contributed by atoms with Crippen molar-refractivity contribution in [1.29, 1.82) is 0 Å². The van der Waals surface area contributed by atoms with Gasteiger partial charge in [0, 0.05) is 29.8 Å². The predicted molar refractivity (Wildman–Crippen MR) is 108 cm³/mol. The number of amides is 1. The number of aromatic nitrogens is 1. The maximum Gasteiger partial charge on any atom is 0.279 e. The molecule has 1 amide bonds. The fraction of sp³-hybridized carbons (Fsp3) is 0.250. The number of rotatable bonds is 5. The van der Waals surface area contributed by atoms with Gasteiger partial charge in [0.25, 0.3) is 5.91 Å². The fourth-order valence-electron chi connectivity index (χ4n) is 2.79. The molecular formula is C20H19ClN2O3S. The lowest BCUT2D eigenvalue weighted by atomic mass is 10.1. The lowest BCUT2D eigenvalue weighted by molar-refractivity contribution is 0.0991. The number of fused-ring (bicyclic) bond motifs is 1. The molecule has 0 atom stereocenters. The maximum atomic E-state index is 12.6. The molecule has 3 aromatic rings. The second-order valence-electron chi connectivity index (χ2n) is 6.10. The highest BCUT2D eigenvalue weighted by Crippen LogP contribution is 2.27. The second-order valence-corrected chi connectivity index (χ2v) is 7.51. The number of benzene rings is 2. The van der Waals surface area contributed by atoms with Gasteiger partial charge in [-0.3, -0.25) is 9.59 Å². The Hall–Kier alpha value is -2.28. The summed E-state index contributed by atoms with van der Waals surface area (Å²) in [6.07, 6.45) is 0. The largest absolute Gasteiger partial charge is 0.383 e. The van der Waals surface area contributed by atoms with E-state index < -0.39 is 0 Å². The third-order valence-electron chi connectivity index (χ3n) is 4.28. The molecule has 1 heterocycles. The van der Waals surface area contributed by atoms with Crippen LogP contribution in [0.5, 0.6) is 0 Å². The number of hydrogen-bond acceptors (Lipinski definition) is 4. The molecule has 1 aromatic heterocycles. The zero-order valence-electron chi connectivity index (χ0n) is 15.3. The Morgan fingerprint density at radius 1 is 1.15 bits per heavy atom. The monoisotopic (exact) mass is 402 g/mol. The van der Waals surface area contributed by atoms with Gasteiger partial charge in [-0.1, -0.05) is 35.1 Å². The third-order valence-corrected chi connectivity index (χ3v) is 5.74. The standard InChI is InChI=1S/C20H19ClN2O3S/c1-12-16(21)8-9-17-18(12)23(10-11-26-3)20(27-17)22-19(25)15-6-4-14(5-7-15)13(2)24/h4-9H,10-11H2,1-3H3. The van der Waals surface area contributed by atoms with Gasteiger partial charge in [0.15, 0.2) is 10.6 Å². The van der Waals surface area contributed by atoms with Crippen molar-refractivity contribution in [3.63, 3.8) is 0 Å². The van der Waals surface area contributed by atoms with Crippen LogP contribution in [0.1, 0.15) is 33.2 Å². The molecule has 0 unspecified atom stereocenters. The number of ether oxygens (including phenoxy) is 1. The van der Waals surface area contributed by atoms with Crippen LogP contribution in [0.15, 0.2) is 41.4 Å². The van der Waals surface area contributed by atoms with Crippen molar-refractivity contribution in [1.82, 2.24) is 4.57 Å². The molecule has 0 aliphatic carbocycles. The quantitative estimate of drug-likeness (QED) is 0.599. The van der Waals surface area contributed by atoms with Crippen molar-refractivity contribution in [2.24, 2.45) is 4.99 Å². The fourth-order valence-corrected chi connectivity index (χ4v) is 4.06. The molecule has 0 aliphatic rings. The number of carbonyl (C=O) groups is 2. The molecule has 0 saturated carbocycles. The molecule has 27 heavy (non-hydrogen) atoms. The van der Waals surface area contributed by atoms with Gasteiger partial charge < -0.3 is 9.30 Å². The van der Waals surface area contributed by atoms with Crippen LogP contribution >= 0.6 is 22.9 Å². The Labute approximate surface area is 165 Å². The second kappa shape index (κ2) is 8.17. The number of thiazole rings is 1. The number of halogens is 1. The topological polar surface area (TPSA) is 60.7 Å². The summed E-state index contributed by atoms with van der Waals surface area (Å²) in [5.41, 5.74) is 2.91. The Bertz CT molecular complexity index is 1080. The van der Waals surface area contributed by atoms with Gasteiger partial charge in [-0.2, -0.15) is 4.99 Å². The van der Waals surface area contributed by atoms with E-state index in [9.17, 15) is 9.59 Å². The van der Waals surface area contributed by atoms with Crippen LogP contribution in [0.25, 0.3) is 10.2 Å². The van der Waals surface area contributed by atoms with Crippen molar-refractivity contribution < 1.29 is 14.3 Å². The van der Waals surface area contributed by atoms with Gasteiger partial charge in [0.1, 0.15) is 0 Å². The van der Waals surface area contributed by atoms with Crippen LogP contribution in [0.4, 0.5) is 0 Å². The van der Waals surface area contributed by atoms with Gasteiger partial charge >= 0.3 is 0 Å². The van der Waals surface area contributed by atoms with Crippen LogP contribution in [-0.2, 0) is 11.3 Å². The average molecular weight is 403 g/mol. The van der Waals surface area contributed by atoms with E-state index in [2.05, 4.69) is 4.99 Å². The summed E-state index contributed by atoms with van der Waals surface area (Å²) in [6, 6.07) is 10.3. The van der Waals surface area contributed by atoms with Gasteiger partial charge in [-0.25, -0.2) is 0 Å². The first-order chi connectivity index (χ1) is 12.9. The first-order valence-electron chi connectivity index (χ1n) is 8.40. The van der Waals surface area contributed by atoms with Crippen molar-refractivity contribution in [2.45, 2.75) is 20.4 Å². The zero-order valence-corrected chi connectivity index (χ0v) is 16.9. The maximum absolute atomic E-state index is 12.6. The van der Waals surface area contributed by atoms with E-state index in [-0.39, 0.29) is 11.7 Å². The Kier molecular flexibility index (Phi) is 5.89. The smallest absolute Gasteiger partial charge is 0.279 e. The lowest BCUT2D eigenvalue weighted by Crippen LogP contribution is -2.19. The molecule has 0 spiro atoms. The summed E-state index contributed by atoms with van der Waals surface area (Å²) in [4.78, 5) is 28.9. The first kappa shape index (κ1) is 19.5. The van der Waals surface area contributed by atoms with E-state index in [4.69, 9.17) is 16.3 Å². The highest BCUT2D eigenvalue weighted by atomic mass is 35.5. The first-order valence-corrected chi connectivity index (χ1v) is 9.59. The number of Topliss-reactive ketones (excluding diaryl/α,β-unsaturated/α-hetero) is 1. The molecule has 2 aromatic carbocycles. The number of nitrogens with zero attached hydrogens (tertiary/aromatic N) is 2. The number of hydrogen-bond donors (Lipinski definition) is 0. The minimum absolute atomic E-state index is 0.0415. The molecule has 0 bridgehead atoms. The molecule has 0 N–H and O–H groups in total. The number of ketones is 1. The lowest BCUT2D eigenvalue weighted by Gasteiger charge is -2.07. The van der Waals surface area contributed by atoms with Gasteiger partial charge in [0.2, 0.25) is 0 Å². The van der Waals surface area contributed by atoms with E-state index in [1.807, 2.05) is 23.6 Å². The molecule has 0 radical (unpaired) electrons. The molecular weight excluding hydrogens is 384 g/mol. The normalized spacial score (nSPS) is 11.9. The van der Waals surface area contributed by atoms with Crippen LogP contribution in [0.3, 0.4) is 0 Å². The van der Waals surface area contributed by atoms with Crippen molar-refractivity contribution in [3.8, 4) is 0 Å². The minimum Gasteiger partial charge on any atom is -0.383 e. The molecule has 0 fully saturated rings. The minimum atomic E-state index is -0.355. The van der Waals surface area contributed by atoms with Gasteiger partial charge in [-0.05, 0) is 43.7 Å². The van der Waals surface area contributed by atoms with Gasteiger partial charge in [0.05, 0.1) is 16.8 Å². The zero-order chi connectivity index (χ0) is 19.6. The number of aryl methyl sites for hydroxylation is 1.